The quantitative estimate of drug-likeness (QED) is 0.458. The van der Waals surface area contributed by atoms with Crippen molar-refractivity contribution in [1.29, 1.82) is 0 Å². The Morgan fingerprint density at radius 2 is 1.50 bits per heavy atom. The predicted octanol–water partition coefficient (Wildman–Crippen LogP) is 3.01. The fraction of sp³-hybridized carbons (Fsp3) is 1.00. The van der Waals surface area contributed by atoms with Crippen molar-refractivity contribution < 1.29 is 5.11 Å². The molecule has 0 saturated carbocycles. The van der Waals surface area contributed by atoms with Crippen LogP contribution in [-0.4, -0.2) is 29.3 Å². The van der Waals surface area contributed by atoms with Gasteiger partial charge >= 0.3 is 0 Å². The Balaban J connectivity index is 3.37. The van der Waals surface area contributed by atoms with E-state index in [4.69, 9.17) is 0 Å². The molecule has 0 aromatic carbocycles. The molecule has 0 aromatic heterocycles. The summed E-state index contributed by atoms with van der Waals surface area (Å²) < 4.78 is 0. The van der Waals surface area contributed by atoms with E-state index in [9.17, 15) is 5.11 Å². The van der Waals surface area contributed by atoms with Gasteiger partial charge < -0.3 is 5.11 Å². The van der Waals surface area contributed by atoms with Crippen molar-refractivity contribution in [2.75, 3.05) is 13.1 Å². The molecule has 1 atom stereocenters. The minimum Gasteiger partial charge on any atom is -0.378 e. The van der Waals surface area contributed by atoms with Crippen LogP contribution in [0, 0.1) is 0 Å². The number of aliphatic hydroxyl groups is 1. The molecule has 0 aliphatic carbocycles. The number of hydrogen-bond donors (Lipinski definition) is 1. The third-order valence-corrected chi connectivity index (χ3v) is 2.80. The Hall–Kier alpha value is -0.0800. The summed E-state index contributed by atoms with van der Waals surface area (Å²) in [6.07, 6.45) is 7.10. The van der Waals surface area contributed by atoms with Gasteiger partial charge in [-0.25, -0.2) is 0 Å². The number of aliphatic hydroxyl groups excluding tert-OH is 1. The van der Waals surface area contributed by atoms with Gasteiger partial charge in [0.1, 0.15) is 6.23 Å². The monoisotopic (exact) mass is 201 g/mol. The minimum absolute atomic E-state index is 0.216. The molecule has 0 radical (unpaired) electrons. The van der Waals surface area contributed by atoms with Crippen LogP contribution >= 0.6 is 0 Å². The molecule has 0 rings (SSSR count). The number of unbranched alkanes of at least 4 members (excludes halogenated alkanes) is 4. The van der Waals surface area contributed by atoms with Crippen LogP contribution in [-0.2, 0) is 0 Å². The van der Waals surface area contributed by atoms with E-state index >= 15 is 0 Å². The van der Waals surface area contributed by atoms with Gasteiger partial charge in [-0.1, -0.05) is 46.5 Å². The lowest BCUT2D eigenvalue weighted by Crippen LogP contribution is -2.34. The minimum atomic E-state index is -0.216. The van der Waals surface area contributed by atoms with E-state index in [1.807, 2.05) is 0 Å². The van der Waals surface area contributed by atoms with E-state index < -0.39 is 0 Å². The van der Waals surface area contributed by atoms with Crippen LogP contribution in [0.4, 0.5) is 0 Å². The topological polar surface area (TPSA) is 23.5 Å². The lowest BCUT2D eigenvalue weighted by molar-refractivity contribution is 0.00278. The van der Waals surface area contributed by atoms with Crippen LogP contribution in [0.15, 0.2) is 0 Å². The first-order valence-electron chi connectivity index (χ1n) is 6.18. The summed E-state index contributed by atoms with van der Waals surface area (Å²) in [6, 6.07) is 0. The van der Waals surface area contributed by atoms with Crippen molar-refractivity contribution in [3.05, 3.63) is 0 Å². The fourth-order valence-electron chi connectivity index (χ4n) is 1.76. The largest absolute Gasteiger partial charge is 0.378 e. The molecule has 0 spiro atoms. The maximum atomic E-state index is 9.79. The van der Waals surface area contributed by atoms with Crippen molar-refractivity contribution in [2.24, 2.45) is 0 Å². The molecule has 86 valence electrons. The molecule has 0 bridgehead atoms. The maximum absolute atomic E-state index is 9.79. The van der Waals surface area contributed by atoms with Gasteiger partial charge in [0.15, 0.2) is 0 Å². The van der Waals surface area contributed by atoms with Gasteiger partial charge in [0.25, 0.3) is 0 Å². The summed E-state index contributed by atoms with van der Waals surface area (Å²) in [5, 5.41) is 9.79. The first kappa shape index (κ1) is 13.9. The van der Waals surface area contributed by atoms with Gasteiger partial charge in [-0.3, -0.25) is 4.90 Å². The average molecular weight is 201 g/mol. The highest BCUT2D eigenvalue weighted by atomic mass is 16.3. The zero-order chi connectivity index (χ0) is 10.8. The van der Waals surface area contributed by atoms with Crippen molar-refractivity contribution in [3.8, 4) is 0 Å². The van der Waals surface area contributed by atoms with Crippen LogP contribution < -0.4 is 0 Å². The van der Waals surface area contributed by atoms with Gasteiger partial charge in [0, 0.05) is 0 Å². The molecule has 0 amide bonds. The van der Waals surface area contributed by atoms with Gasteiger partial charge in [-0.15, -0.1) is 0 Å². The molecule has 2 heteroatoms. The zero-order valence-corrected chi connectivity index (χ0v) is 10.1. The molecular formula is C12H27NO. The highest BCUT2D eigenvalue weighted by Gasteiger charge is 2.10. The average Bonchev–Trinajstić information content (AvgIpc) is 2.19. The molecule has 1 N–H and O–H groups in total. The smallest absolute Gasteiger partial charge is 0.107 e. The Labute approximate surface area is 89.3 Å². The summed E-state index contributed by atoms with van der Waals surface area (Å²) in [6.45, 7) is 8.33. The van der Waals surface area contributed by atoms with Crippen LogP contribution in [0.2, 0.25) is 0 Å². The van der Waals surface area contributed by atoms with E-state index in [1.165, 1.54) is 25.7 Å². The maximum Gasteiger partial charge on any atom is 0.107 e. The lowest BCUT2D eigenvalue weighted by Gasteiger charge is -2.24. The Morgan fingerprint density at radius 3 is 2.00 bits per heavy atom. The summed E-state index contributed by atoms with van der Waals surface area (Å²) in [5.41, 5.74) is 0. The zero-order valence-electron chi connectivity index (χ0n) is 10.1. The molecule has 0 aliphatic rings. The second kappa shape index (κ2) is 9.47. The lowest BCUT2D eigenvalue weighted by atomic mass is 10.1. The number of nitrogens with zero attached hydrogens (tertiary/aromatic N) is 1. The normalized spacial score (nSPS) is 13.5. The Kier molecular flexibility index (Phi) is 9.42. The molecule has 0 saturated heterocycles. The SMILES string of the molecule is CCCCCCCC(O)N(CC)CC. The van der Waals surface area contributed by atoms with Crippen molar-refractivity contribution in [3.63, 3.8) is 0 Å². The highest BCUT2D eigenvalue weighted by molar-refractivity contribution is 4.58. The van der Waals surface area contributed by atoms with Crippen molar-refractivity contribution in [2.45, 2.75) is 65.5 Å². The first-order chi connectivity index (χ1) is 6.76. The third-order valence-electron chi connectivity index (χ3n) is 2.80. The van der Waals surface area contributed by atoms with Gasteiger partial charge in [-0.05, 0) is 25.9 Å². The molecule has 0 aromatic rings. The van der Waals surface area contributed by atoms with Crippen molar-refractivity contribution in [1.82, 2.24) is 4.90 Å². The summed E-state index contributed by atoms with van der Waals surface area (Å²) >= 11 is 0. The second-order valence-corrected chi connectivity index (χ2v) is 3.90. The van der Waals surface area contributed by atoms with E-state index in [0.29, 0.717) is 0 Å². The molecule has 0 fully saturated rings. The summed E-state index contributed by atoms with van der Waals surface area (Å²) in [5.74, 6) is 0. The number of rotatable bonds is 9. The third kappa shape index (κ3) is 6.39. The van der Waals surface area contributed by atoms with E-state index in [-0.39, 0.29) is 6.23 Å². The highest BCUT2D eigenvalue weighted by Crippen LogP contribution is 2.09. The Bertz CT molecular complexity index is 113. The van der Waals surface area contributed by atoms with Gasteiger partial charge in [0.05, 0.1) is 0 Å². The summed E-state index contributed by atoms with van der Waals surface area (Å²) in [7, 11) is 0. The molecule has 0 heterocycles. The van der Waals surface area contributed by atoms with Crippen LogP contribution in [0.5, 0.6) is 0 Å². The molecule has 1 unspecified atom stereocenters. The second-order valence-electron chi connectivity index (χ2n) is 3.90. The number of hydrogen-bond acceptors (Lipinski definition) is 2. The first-order valence-corrected chi connectivity index (χ1v) is 6.18. The molecule has 0 aliphatic heterocycles. The summed E-state index contributed by atoms with van der Waals surface area (Å²) in [4.78, 5) is 2.11. The molecule has 14 heavy (non-hydrogen) atoms. The van der Waals surface area contributed by atoms with E-state index in [0.717, 1.165) is 25.9 Å². The fourth-order valence-corrected chi connectivity index (χ4v) is 1.76. The van der Waals surface area contributed by atoms with Gasteiger partial charge in [0.2, 0.25) is 0 Å². The molecule has 2 nitrogen and oxygen atoms in total. The Morgan fingerprint density at radius 1 is 0.929 bits per heavy atom. The van der Waals surface area contributed by atoms with Crippen LogP contribution in [0.25, 0.3) is 0 Å². The van der Waals surface area contributed by atoms with E-state index in [2.05, 4.69) is 25.7 Å². The standard InChI is InChI=1S/C12H27NO/c1-4-7-8-9-10-11-12(14)13(5-2)6-3/h12,14H,4-11H2,1-3H3. The van der Waals surface area contributed by atoms with Crippen molar-refractivity contribution >= 4 is 0 Å². The van der Waals surface area contributed by atoms with E-state index in [1.54, 1.807) is 0 Å². The van der Waals surface area contributed by atoms with Crippen LogP contribution in [0.3, 0.4) is 0 Å². The van der Waals surface area contributed by atoms with Crippen LogP contribution in [0.1, 0.15) is 59.3 Å². The molecular weight excluding hydrogens is 174 g/mol. The van der Waals surface area contributed by atoms with Gasteiger partial charge in [-0.2, -0.15) is 0 Å². The predicted molar refractivity (Wildman–Crippen MR) is 62.3 cm³/mol.